The van der Waals surface area contributed by atoms with Crippen LogP contribution in [0.3, 0.4) is 0 Å². The molecule has 2 heterocycles. The number of fused-ring (bicyclic) bond motifs is 1. The topological polar surface area (TPSA) is 37.8 Å². The first kappa shape index (κ1) is 14.1. The van der Waals surface area contributed by atoms with Gasteiger partial charge in [-0.2, -0.15) is 0 Å². The Hall–Kier alpha value is -0.870. The Morgan fingerprint density at radius 1 is 1.35 bits per heavy atom. The molecule has 1 aliphatic carbocycles. The van der Waals surface area contributed by atoms with E-state index < -0.39 is 0 Å². The first-order chi connectivity index (χ1) is 9.76. The fraction of sp³-hybridized carbons (Fsp3) is 0.600. The number of nitrogens with one attached hydrogen (secondary N) is 1. The summed E-state index contributed by atoms with van der Waals surface area (Å²) in [6.07, 6.45) is 7.84. The average molecular weight is 310 g/mol. The quantitative estimate of drug-likeness (QED) is 0.798. The lowest BCUT2D eigenvalue weighted by Gasteiger charge is -2.10. The van der Waals surface area contributed by atoms with Crippen LogP contribution in [0.4, 0.5) is 5.82 Å². The molecule has 0 unspecified atom stereocenters. The zero-order valence-electron chi connectivity index (χ0n) is 11.8. The molecule has 1 saturated carbocycles. The monoisotopic (exact) mass is 309 g/mol. The van der Waals surface area contributed by atoms with Crippen LogP contribution in [-0.2, 0) is 6.42 Å². The third kappa shape index (κ3) is 3.07. The zero-order valence-corrected chi connectivity index (χ0v) is 13.4. The maximum Gasteiger partial charge on any atom is 0.225 e. The van der Waals surface area contributed by atoms with E-state index in [-0.39, 0.29) is 0 Å². The molecule has 0 amide bonds. The number of hydrogen-bond acceptors (Lipinski definition) is 4. The summed E-state index contributed by atoms with van der Waals surface area (Å²) in [5, 5.41) is 4.92. The van der Waals surface area contributed by atoms with Crippen molar-refractivity contribution in [3.05, 3.63) is 16.2 Å². The highest BCUT2D eigenvalue weighted by Gasteiger charge is 2.15. The third-order valence-corrected chi connectivity index (χ3v) is 5.43. The lowest BCUT2D eigenvalue weighted by molar-refractivity contribution is 0.518. The molecular weight excluding hydrogens is 290 g/mol. The number of thiophene rings is 1. The van der Waals surface area contributed by atoms with E-state index in [1.54, 1.807) is 11.3 Å². The fourth-order valence-corrected chi connectivity index (χ4v) is 4.13. The number of nitrogens with zero attached hydrogens (tertiary/aromatic N) is 2. The van der Waals surface area contributed by atoms with E-state index >= 15 is 0 Å². The Kier molecular flexibility index (Phi) is 4.41. The van der Waals surface area contributed by atoms with Crippen LogP contribution in [-0.4, -0.2) is 16.5 Å². The number of aromatic nitrogens is 2. The lowest BCUT2D eigenvalue weighted by atomic mass is 10.0. The lowest BCUT2D eigenvalue weighted by Crippen LogP contribution is -2.08. The van der Waals surface area contributed by atoms with Gasteiger partial charge < -0.3 is 5.32 Å². The summed E-state index contributed by atoms with van der Waals surface area (Å²) in [6, 6.07) is 2.19. The second-order valence-electron chi connectivity index (χ2n) is 5.49. The Labute approximate surface area is 128 Å². The van der Waals surface area contributed by atoms with Crippen LogP contribution in [0.25, 0.3) is 10.2 Å². The Morgan fingerprint density at radius 2 is 2.15 bits per heavy atom. The minimum Gasteiger partial charge on any atom is -0.369 e. The Morgan fingerprint density at radius 3 is 2.90 bits per heavy atom. The van der Waals surface area contributed by atoms with Crippen LogP contribution < -0.4 is 5.32 Å². The van der Waals surface area contributed by atoms with Crippen LogP contribution >= 0.6 is 22.9 Å². The predicted octanol–water partition coefficient (Wildman–Crippen LogP) is 4.90. The second kappa shape index (κ2) is 6.27. The van der Waals surface area contributed by atoms with Gasteiger partial charge in [-0.3, -0.25) is 0 Å². The van der Waals surface area contributed by atoms with Gasteiger partial charge >= 0.3 is 0 Å². The van der Waals surface area contributed by atoms with Crippen molar-refractivity contribution in [3.63, 3.8) is 0 Å². The molecule has 0 spiro atoms. The van der Waals surface area contributed by atoms with Crippen molar-refractivity contribution in [1.29, 1.82) is 0 Å². The molecule has 5 heteroatoms. The molecule has 2 aromatic rings. The molecule has 1 N–H and O–H groups in total. The molecule has 3 nitrogen and oxygen atoms in total. The summed E-state index contributed by atoms with van der Waals surface area (Å²) in [7, 11) is 0. The Balaban J connectivity index is 1.73. The van der Waals surface area contributed by atoms with Crippen LogP contribution in [0.5, 0.6) is 0 Å². The van der Waals surface area contributed by atoms with Gasteiger partial charge in [0.1, 0.15) is 10.6 Å². The minimum absolute atomic E-state index is 0.338. The van der Waals surface area contributed by atoms with Crippen LogP contribution in [0, 0.1) is 5.92 Å². The number of rotatable bonds is 5. The highest BCUT2D eigenvalue weighted by molar-refractivity contribution is 7.18. The molecule has 1 aliphatic rings. The SMILES string of the molecule is CCc1cc2c(NCCC3CCCC3)nc(Cl)nc2s1. The molecule has 0 radical (unpaired) electrons. The predicted molar refractivity (Wildman–Crippen MR) is 86.9 cm³/mol. The first-order valence-corrected chi connectivity index (χ1v) is 8.65. The van der Waals surface area contributed by atoms with E-state index in [2.05, 4.69) is 28.3 Å². The molecule has 0 saturated heterocycles. The molecule has 1 fully saturated rings. The van der Waals surface area contributed by atoms with Crippen molar-refractivity contribution in [2.45, 2.75) is 45.4 Å². The van der Waals surface area contributed by atoms with Crippen molar-refractivity contribution in [1.82, 2.24) is 9.97 Å². The van der Waals surface area contributed by atoms with Gasteiger partial charge in [0, 0.05) is 11.4 Å². The molecule has 0 atom stereocenters. The van der Waals surface area contributed by atoms with Crippen LogP contribution in [0.2, 0.25) is 5.28 Å². The molecule has 108 valence electrons. The van der Waals surface area contributed by atoms with Gasteiger partial charge in [-0.25, -0.2) is 9.97 Å². The summed E-state index contributed by atoms with van der Waals surface area (Å²) >= 11 is 7.74. The van der Waals surface area contributed by atoms with Gasteiger partial charge in [0.05, 0.1) is 5.39 Å². The average Bonchev–Trinajstić information content (AvgIpc) is 3.06. The van der Waals surface area contributed by atoms with Crippen LogP contribution in [0.15, 0.2) is 6.07 Å². The molecule has 2 aromatic heterocycles. The smallest absolute Gasteiger partial charge is 0.225 e. The summed E-state index contributed by atoms with van der Waals surface area (Å²) in [5.41, 5.74) is 0. The van der Waals surface area contributed by atoms with Crippen molar-refractivity contribution < 1.29 is 0 Å². The van der Waals surface area contributed by atoms with E-state index in [1.807, 2.05) is 0 Å². The summed E-state index contributed by atoms with van der Waals surface area (Å²) in [6.45, 7) is 3.14. The number of aryl methyl sites for hydroxylation is 1. The minimum atomic E-state index is 0.338. The number of halogens is 1. The van der Waals surface area contributed by atoms with Gasteiger partial charge in [0.2, 0.25) is 5.28 Å². The third-order valence-electron chi connectivity index (χ3n) is 4.08. The van der Waals surface area contributed by atoms with E-state index in [4.69, 9.17) is 11.6 Å². The number of hydrogen-bond donors (Lipinski definition) is 1. The van der Waals surface area contributed by atoms with Crippen LogP contribution in [0.1, 0.15) is 43.9 Å². The van der Waals surface area contributed by atoms with Gasteiger partial charge in [-0.1, -0.05) is 32.6 Å². The maximum absolute atomic E-state index is 6.03. The normalized spacial score (nSPS) is 16.1. The highest BCUT2D eigenvalue weighted by Crippen LogP contribution is 2.31. The summed E-state index contributed by atoms with van der Waals surface area (Å²) < 4.78 is 0. The summed E-state index contributed by atoms with van der Waals surface area (Å²) in [5.74, 6) is 1.79. The van der Waals surface area contributed by atoms with E-state index in [0.717, 1.165) is 34.9 Å². The molecule has 20 heavy (non-hydrogen) atoms. The molecule has 3 rings (SSSR count). The van der Waals surface area contributed by atoms with Gasteiger partial charge in [-0.15, -0.1) is 11.3 Å². The fourth-order valence-electron chi connectivity index (χ4n) is 2.95. The Bertz CT molecular complexity index is 590. The van der Waals surface area contributed by atoms with Crippen molar-refractivity contribution >= 4 is 39.0 Å². The summed E-state index contributed by atoms with van der Waals surface area (Å²) in [4.78, 5) is 11.0. The zero-order chi connectivity index (χ0) is 13.9. The number of anilines is 1. The first-order valence-electron chi connectivity index (χ1n) is 7.46. The van der Waals surface area contributed by atoms with Gasteiger partial charge in [0.15, 0.2) is 0 Å². The standard InChI is InChI=1S/C15H20ClN3S/c1-2-11-9-12-13(18-15(16)19-14(12)20-11)17-8-7-10-5-3-4-6-10/h9-10H,2-8H2,1H3,(H,17,18,19). The van der Waals surface area contributed by atoms with E-state index in [0.29, 0.717) is 5.28 Å². The van der Waals surface area contributed by atoms with E-state index in [1.165, 1.54) is 37.0 Å². The van der Waals surface area contributed by atoms with Crippen molar-refractivity contribution in [2.24, 2.45) is 5.92 Å². The highest BCUT2D eigenvalue weighted by atomic mass is 35.5. The van der Waals surface area contributed by atoms with Crippen molar-refractivity contribution in [3.8, 4) is 0 Å². The molecule has 0 aromatic carbocycles. The maximum atomic E-state index is 6.03. The second-order valence-corrected chi connectivity index (χ2v) is 6.95. The largest absolute Gasteiger partial charge is 0.369 e. The molecular formula is C15H20ClN3S. The molecule has 0 aliphatic heterocycles. The van der Waals surface area contributed by atoms with Gasteiger partial charge in [-0.05, 0) is 36.4 Å². The van der Waals surface area contributed by atoms with E-state index in [9.17, 15) is 0 Å². The molecule has 0 bridgehead atoms. The van der Waals surface area contributed by atoms with Crippen molar-refractivity contribution in [2.75, 3.05) is 11.9 Å². The van der Waals surface area contributed by atoms with Gasteiger partial charge in [0.25, 0.3) is 0 Å².